The molecular weight excluding hydrogens is 298 g/mol. The first-order chi connectivity index (χ1) is 11.8. The number of pyridine rings is 1. The molecule has 2 aromatic rings. The molecule has 0 unspecified atom stereocenters. The summed E-state index contributed by atoms with van der Waals surface area (Å²) in [5.74, 6) is 0.792. The third kappa shape index (κ3) is 3.71. The van der Waals surface area contributed by atoms with E-state index in [0.29, 0.717) is 11.1 Å². The predicted octanol–water partition coefficient (Wildman–Crippen LogP) is 2.54. The molecule has 1 aromatic heterocycles. The van der Waals surface area contributed by atoms with Gasteiger partial charge in [-0.25, -0.2) is 4.98 Å². The molecule has 0 aliphatic carbocycles. The normalized spacial score (nSPS) is 15.3. The summed E-state index contributed by atoms with van der Waals surface area (Å²) in [6, 6.07) is 15.8. The molecule has 0 saturated carbocycles. The van der Waals surface area contributed by atoms with Crippen molar-refractivity contribution in [3.05, 3.63) is 59.3 Å². The number of hydrogen-bond donors (Lipinski definition) is 0. The van der Waals surface area contributed by atoms with Gasteiger partial charge in [0.25, 0.3) is 0 Å². The van der Waals surface area contributed by atoms with E-state index in [1.807, 2.05) is 30.3 Å². The Balaban J connectivity index is 1.64. The van der Waals surface area contributed by atoms with E-state index >= 15 is 0 Å². The zero-order valence-corrected chi connectivity index (χ0v) is 13.5. The first-order valence-corrected chi connectivity index (χ1v) is 8.11. The van der Waals surface area contributed by atoms with Gasteiger partial charge in [-0.2, -0.15) is 10.5 Å². The van der Waals surface area contributed by atoms with E-state index in [2.05, 4.69) is 26.9 Å². The third-order valence-corrected chi connectivity index (χ3v) is 4.28. The van der Waals surface area contributed by atoms with Crippen molar-refractivity contribution in [1.82, 2.24) is 9.88 Å². The van der Waals surface area contributed by atoms with Crippen LogP contribution in [-0.4, -0.2) is 36.1 Å². The molecule has 1 fully saturated rings. The zero-order valence-electron chi connectivity index (χ0n) is 13.5. The molecule has 24 heavy (non-hydrogen) atoms. The lowest BCUT2D eigenvalue weighted by Gasteiger charge is -2.23. The van der Waals surface area contributed by atoms with Crippen molar-refractivity contribution < 1.29 is 0 Å². The molecule has 3 rings (SSSR count). The molecule has 0 spiro atoms. The molecule has 1 aliphatic heterocycles. The van der Waals surface area contributed by atoms with Crippen LogP contribution in [0.4, 0.5) is 5.82 Å². The molecule has 1 aliphatic rings. The van der Waals surface area contributed by atoms with E-state index < -0.39 is 0 Å². The number of aromatic nitrogens is 1. The molecule has 120 valence electrons. The SMILES string of the molecule is N#Cc1ccc(CN2CCCN(c3ncccc3C#N)CC2)cc1. The largest absolute Gasteiger partial charge is 0.354 e. The highest BCUT2D eigenvalue weighted by molar-refractivity contribution is 5.53. The number of hydrogen-bond acceptors (Lipinski definition) is 5. The fourth-order valence-corrected chi connectivity index (χ4v) is 3.02. The summed E-state index contributed by atoms with van der Waals surface area (Å²) in [5, 5.41) is 18.1. The van der Waals surface area contributed by atoms with Gasteiger partial charge in [-0.15, -0.1) is 0 Å². The van der Waals surface area contributed by atoms with E-state index in [1.165, 1.54) is 5.56 Å². The zero-order chi connectivity index (χ0) is 16.8. The fraction of sp³-hybridized carbons (Fsp3) is 0.316. The van der Waals surface area contributed by atoms with Crippen LogP contribution in [0.2, 0.25) is 0 Å². The van der Waals surface area contributed by atoms with E-state index in [1.54, 1.807) is 12.3 Å². The van der Waals surface area contributed by atoms with Gasteiger partial charge in [0.2, 0.25) is 0 Å². The molecule has 5 nitrogen and oxygen atoms in total. The Bertz CT molecular complexity index is 770. The summed E-state index contributed by atoms with van der Waals surface area (Å²) >= 11 is 0. The van der Waals surface area contributed by atoms with Crippen molar-refractivity contribution in [2.45, 2.75) is 13.0 Å². The summed E-state index contributed by atoms with van der Waals surface area (Å²) in [5.41, 5.74) is 2.55. The fourth-order valence-electron chi connectivity index (χ4n) is 3.02. The summed E-state index contributed by atoms with van der Waals surface area (Å²) in [7, 11) is 0. The van der Waals surface area contributed by atoms with Gasteiger partial charge in [0.1, 0.15) is 11.9 Å². The van der Waals surface area contributed by atoms with Crippen molar-refractivity contribution >= 4 is 5.82 Å². The predicted molar refractivity (Wildman–Crippen MR) is 92.2 cm³/mol. The summed E-state index contributed by atoms with van der Waals surface area (Å²) in [4.78, 5) is 9.02. The van der Waals surface area contributed by atoms with E-state index in [9.17, 15) is 5.26 Å². The summed E-state index contributed by atoms with van der Waals surface area (Å²) in [6.07, 6.45) is 2.79. The number of benzene rings is 1. The molecule has 0 radical (unpaired) electrons. The average Bonchev–Trinajstić information content (AvgIpc) is 2.88. The molecule has 1 saturated heterocycles. The summed E-state index contributed by atoms with van der Waals surface area (Å²) in [6.45, 7) is 4.61. The monoisotopic (exact) mass is 317 g/mol. The maximum absolute atomic E-state index is 9.26. The van der Waals surface area contributed by atoms with Gasteiger partial charge in [-0.05, 0) is 36.2 Å². The van der Waals surface area contributed by atoms with Gasteiger partial charge in [0.15, 0.2) is 0 Å². The molecule has 0 atom stereocenters. The quantitative estimate of drug-likeness (QED) is 0.870. The second-order valence-electron chi connectivity index (χ2n) is 5.91. The van der Waals surface area contributed by atoms with Gasteiger partial charge in [-0.1, -0.05) is 12.1 Å². The minimum atomic E-state index is 0.637. The Kier molecular flexibility index (Phi) is 5.05. The molecule has 1 aromatic carbocycles. The first-order valence-electron chi connectivity index (χ1n) is 8.11. The van der Waals surface area contributed by atoms with Gasteiger partial charge >= 0.3 is 0 Å². The first kappa shape index (κ1) is 16.0. The van der Waals surface area contributed by atoms with Gasteiger partial charge in [0, 0.05) is 38.9 Å². The van der Waals surface area contributed by atoms with Crippen LogP contribution >= 0.6 is 0 Å². The Hall–Kier alpha value is -2.89. The second-order valence-corrected chi connectivity index (χ2v) is 5.91. The lowest BCUT2D eigenvalue weighted by Crippen LogP contribution is -2.31. The molecular formula is C19H19N5. The van der Waals surface area contributed by atoms with E-state index in [0.717, 1.165) is 45.0 Å². The molecule has 0 amide bonds. The lowest BCUT2D eigenvalue weighted by molar-refractivity contribution is 0.285. The molecule has 0 bridgehead atoms. The maximum atomic E-state index is 9.26. The van der Waals surface area contributed by atoms with Crippen LogP contribution in [0.15, 0.2) is 42.6 Å². The van der Waals surface area contributed by atoms with Gasteiger partial charge in [-0.3, -0.25) is 4.90 Å². The summed E-state index contributed by atoms with van der Waals surface area (Å²) < 4.78 is 0. The number of rotatable bonds is 3. The topological polar surface area (TPSA) is 67.0 Å². The van der Waals surface area contributed by atoms with Crippen molar-refractivity contribution in [2.24, 2.45) is 0 Å². The van der Waals surface area contributed by atoms with Crippen molar-refractivity contribution in [3.63, 3.8) is 0 Å². The van der Waals surface area contributed by atoms with E-state index in [4.69, 9.17) is 5.26 Å². The van der Waals surface area contributed by atoms with Crippen LogP contribution in [0, 0.1) is 22.7 Å². The maximum Gasteiger partial charge on any atom is 0.146 e. The minimum Gasteiger partial charge on any atom is -0.354 e. The van der Waals surface area contributed by atoms with Gasteiger partial charge < -0.3 is 4.90 Å². The molecule has 5 heteroatoms. The minimum absolute atomic E-state index is 0.637. The van der Waals surface area contributed by atoms with Crippen LogP contribution in [-0.2, 0) is 6.54 Å². The third-order valence-electron chi connectivity index (χ3n) is 4.28. The number of nitriles is 2. The standard InChI is InChI=1S/C19H19N5/c20-13-16-4-6-17(7-5-16)15-23-9-2-10-24(12-11-23)19-18(14-21)3-1-8-22-19/h1,3-8H,2,9-12,15H2. The number of anilines is 1. The highest BCUT2D eigenvalue weighted by Gasteiger charge is 2.18. The highest BCUT2D eigenvalue weighted by atomic mass is 15.2. The van der Waals surface area contributed by atoms with Crippen LogP contribution in [0.3, 0.4) is 0 Å². The Morgan fingerprint density at radius 1 is 0.958 bits per heavy atom. The van der Waals surface area contributed by atoms with Crippen molar-refractivity contribution in [3.8, 4) is 12.1 Å². The van der Waals surface area contributed by atoms with Crippen molar-refractivity contribution in [2.75, 3.05) is 31.1 Å². The van der Waals surface area contributed by atoms with Crippen LogP contribution in [0.1, 0.15) is 23.1 Å². The van der Waals surface area contributed by atoms with Crippen LogP contribution in [0.5, 0.6) is 0 Å². The molecule has 2 heterocycles. The van der Waals surface area contributed by atoms with Crippen LogP contribution in [0.25, 0.3) is 0 Å². The van der Waals surface area contributed by atoms with E-state index in [-0.39, 0.29) is 0 Å². The Labute approximate surface area is 142 Å². The van der Waals surface area contributed by atoms with Gasteiger partial charge in [0.05, 0.1) is 17.2 Å². The molecule has 0 N–H and O–H groups in total. The second kappa shape index (κ2) is 7.59. The van der Waals surface area contributed by atoms with Crippen molar-refractivity contribution in [1.29, 1.82) is 10.5 Å². The Morgan fingerprint density at radius 2 is 1.79 bits per heavy atom. The highest BCUT2D eigenvalue weighted by Crippen LogP contribution is 2.19. The van der Waals surface area contributed by atoms with Crippen LogP contribution < -0.4 is 4.90 Å². The smallest absolute Gasteiger partial charge is 0.146 e. The lowest BCUT2D eigenvalue weighted by atomic mass is 10.1. The average molecular weight is 317 g/mol. The number of nitrogens with zero attached hydrogens (tertiary/aromatic N) is 5. The Morgan fingerprint density at radius 3 is 2.54 bits per heavy atom.